The lowest BCUT2D eigenvalue weighted by Crippen LogP contribution is -2.28. The Balaban J connectivity index is 1.78. The first-order valence-corrected chi connectivity index (χ1v) is 10.4. The van der Waals surface area contributed by atoms with Gasteiger partial charge in [-0.25, -0.2) is 8.78 Å². The van der Waals surface area contributed by atoms with Crippen molar-refractivity contribution in [1.29, 1.82) is 0 Å². The number of aromatic nitrogens is 1. The summed E-state index contributed by atoms with van der Waals surface area (Å²) in [6.07, 6.45) is 2.71. The Hall–Kier alpha value is -2.40. The van der Waals surface area contributed by atoms with Crippen molar-refractivity contribution in [3.8, 4) is 0 Å². The fourth-order valence-corrected chi connectivity index (χ4v) is 5.61. The molecule has 5 rings (SSSR count). The fourth-order valence-electron chi connectivity index (χ4n) is 4.24. The number of hydrogen-bond acceptors (Lipinski definition) is 3. The molecule has 1 N–H and O–H groups in total. The molecule has 2 aliphatic rings. The first-order valence-electron chi connectivity index (χ1n) is 9.38. The number of nitrogens with zero attached hydrogens (tertiary/aromatic N) is 1. The molecule has 1 aromatic heterocycles. The number of benzene rings is 2. The Labute approximate surface area is 167 Å². The second-order valence-electron chi connectivity index (χ2n) is 8.30. The van der Waals surface area contributed by atoms with E-state index in [1.807, 2.05) is 30.0 Å². The van der Waals surface area contributed by atoms with Gasteiger partial charge in [-0.2, -0.15) is 0 Å². The number of halogens is 2. The zero-order valence-corrected chi connectivity index (χ0v) is 16.5. The Morgan fingerprint density at radius 3 is 2.79 bits per heavy atom. The van der Waals surface area contributed by atoms with Gasteiger partial charge in [-0.05, 0) is 53.3 Å². The SMILES string of the molecule is CC1(C)CSC2=C(C1)Nc1ccc3ncccc3c1C2c1ccc(F)c(F)c1. The second-order valence-corrected chi connectivity index (χ2v) is 9.32. The monoisotopic (exact) mass is 394 g/mol. The summed E-state index contributed by atoms with van der Waals surface area (Å²) in [5, 5.41) is 4.68. The highest BCUT2D eigenvalue weighted by Crippen LogP contribution is 2.54. The summed E-state index contributed by atoms with van der Waals surface area (Å²) >= 11 is 1.82. The summed E-state index contributed by atoms with van der Waals surface area (Å²) in [6, 6.07) is 12.3. The molecule has 0 amide bonds. The van der Waals surface area contributed by atoms with E-state index >= 15 is 0 Å². The lowest BCUT2D eigenvalue weighted by atomic mass is 9.81. The molecule has 3 heterocycles. The van der Waals surface area contributed by atoms with Crippen molar-refractivity contribution in [1.82, 2.24) is 4.98 Å². The minimum Gasteiger partial charge on any atom is -0.358 e. The number of fused-ring (bicyclic) bond motifs is 3. The first-order chi connectivity index (χ1) is 13.4. The van der Waals surface area contributed by atoms with Gasteiger partial charge in [-0.1, -0.05) is 26.0 Å². The van der Waals surface area contributed by atoms with Gasteiger partial charge in [0.05, 0.1) is 5.52 Å². The van der Waals surface area contributed by atoms with E-state index in [9.17, 15) is 8.78 Å². The molecule has 2 aromatic carbocycles. The Kier molecular flexibility index (Phi) is 3.98. The second kappa shape index (κ2) is 6.31. The smallest absolute Gasteiger partial charge is 0.159 e. The first kappa shape index (κ1) is 17.7. The summed E-state index contributed by atoms with van der Waals surface area (Å²) in [4.78, 5) is 5.69. The Bertz CT molecular complexity index is 1140. The Morgan fingerprint density at radius 2 is 1.96 bits per heavy atom. The van der Waals surface area contributed by atoms with Crippen molar-refractivity contribution in [2.75, 3.05) is 11.1 Å². The maximum absolute atomic E-state index is 14.1. The van der Waals surface area contributed by atoms with Crippen LogP contribution < -0.4 is 5.32 Å². The van der Waals surface area contributed by atoms with E-state index in [1.54, 1.807) is 12.3 Å². The van der Waals surface area contributed by atoms with Crippen molar-refractivity contribution in [2.45, 2.75) is 26.2 Å². The predicted molar refractivity (Wildman–Crippen MR) is 111 cm³/mol. The number of thioether (sulfide) groups is 1. The van der Waals surface area contributed by atoms with Crippen molar-refractivity contribution >= 4 is 28.4 Å². The summed E-state index contributed by atoms with van der Waals surface area (Å²) in [5.74, 6) is -0.759. The average molecular weight is 394 g/mol. The summed E-state index contributed by atoms with van der Waals surface area (Å²) < 4.78 is 27.8. The van der Waals surface area contributed by atoms with Gasteiger partial charge in [0, 0.05) is 39.5 Å². The fraction of sp³-hybridized carbons (Fsp3) is 0.261. The van der Waals surface area contributed by atoms with Gasteiger partial charge in [0.1, 0.15) is 0 Å². The molecule has 2 aliphatic heterocycles. The molecule has 0 radical (unpaired) electrons. The van der Waals surface area contributed by atoms with Gasteiger partial charge in [-0.3, -0.25) is 4.98 Å². The van der Waals surface area contributed by atoms with Crippen LogP contribution in [-0.4, -0.2) is 10.7 Å². The summed E-state index contributed by atoms with van der Waals surface area (Å²) in [6.45, 7) is 4.52. The highest BCUT2D eigenvalue weighted by Gasteiger charge is 2.37. The maximum atomic E-state index is 14.1. The van der Waals surface area contributed by atoms with Crippen LogP contribution in [0, 0.1) is 17.0 Å². The molecule has 2 nitrogen and oxygen atoms in total. The standard InChI is InChI=1S/C23H20F2N2S/c1-23(2)11-19-22(28-12-23)20(13-5-6-15(24)16(25)10-13)21-14-4-3-9-26-17(14)7-8-18(21)27-19/h3-10,20,27H,11-12H2,1-2H3. The zero-order valence-electron chi connectivity index (χ0n) is 15.7. The van der Waals surface area contributed by atoms with E-state index < -0.39 is 11.6 Å². The van der Waals surface area contributed by atoms with Crippen LogP contribution in [0.4, 0.5) is 14.5 Å². The largest absolute Gasteiger partial charge is 0.358 e. The number of allylic oxidation sites excluding steroid dienone is 2. The lowest BCUT2D eigenvalue weighted by molar-refractivity contribution is 0.414. The van der Waals surface area contributed by atoms with E-state index in [0.29, 0.717) is 0 Å². The molecule has 1 unspecified atom stereocenters. The molecule has 1 atom stereocenters. The molecule has 3 aromatic rings. The molecule has 0 fully saturated rings. The van der Waals surface area contributed by atoms with E-state index in [-0.39, 0.29) is 11.3 Å². The number of pyridine rings is 1. The van der Waals surface area contributed by atoms with Gasteiger partial charge in [-0.15, -0.1) is 11.8 Å². The molecule has 0 saturated heterocycles. The van der Waals surface area contributed by atoms with Gasteiger partial charge in [0.15, 0.2) is 11.6 Å². The van der Waals surface area contributed by atoms with Crippen LogP contribution >= 0.6 is 11.8 Å². The number of anilines is 1. The molecule has 0 aliphatic carbocycles. The number of rotatable bonds is 1. The molecular formula is C23H20F2N2S. The third kappa shape index (κ3) is 2.80. The van der Waals surface area contributed by atoms with Crippen LogP contribution in [-0.2, 0) is 0 Å². The molecule has 28 heavy (non-hydrogen) atoms. The Morgan fingerprint density at radius 1 is 1.11 bits per heavy atom. The molecule has 0 spiro atoms. The highest BCUT2D eigenvalue weighted by atomic mass is 32.2. The van der Waals surface area contributed by atoms with Crippen molar-refractivity contribution in [3.63, 3.8) is 0 Å². The summed E-state index contributed by atoms with van der Waals surface area (Å²) in [7, 11) is 0. The number of hydrogen-bond donors (Lipinski definition) is 1. The van der Waals surface area contributed by atoms with Crippen LogP contribution in [0.5, 0.6) is 0 Å². The van der Waals surface area contributed by atoms with Crippen molar-refractivity contribution in [2.24, 2.45) is 5.41 Å². The maximum Gasteiger partial charge on any atom is 0.159 e. The van der Waals surface area contributed by atoms with Crippen LogP contribution in [0.15, 0.2) is 59.3 Å². The van der Waals surface area contributed by atoms with Crippen LogP contribution in [0.1, 0.15) is 37.3 Å². The molecular weight excluding hydrogens is 374 g/mol. The van der Waals surface area contributed by atoms with Crippen LogP contribution in [0.2, 0.25) is 0 Å². The van der Waals surface area contributed by atoms with Crippen LogP contribution in [0.3, 0.4) is 0 Å². The van der Waals surface area contributed by atoms with E-state index in [1.165, 1.54) is 22.7 Å². The summed E-state index contributed by atoms with van der Waals surface area (Å²) in [5.41, 5.74) is 5.16. The van der Waals surface area contributed by atoms with Gasteiger partial charge in [0.2, 0.25) is 0 Å². The molecule has 142 valence electrons. The van der Waals surface area contributed by atoms with Gasteiger partial charge >= 0.3 is 0 Å². The normalized spacial score (nSPS) is 20.5. The number of nitrogens with one attached hydrogen (secondary N) is 1. The van der Waals surface area contributed by atoms with E-state index in [4.69, 9.17) is 0 Å². The van der Waals surface area contributed by atoms with Crippen molar-refractivity contribution in [3.05, 3.63) is 82.0 Å². The predicted octanol–water partition coefficient (Wildman–Crippen LogP) is 6.45. The molecule has 0 saturated carbocycles. The average Bonchev–Trinajstić information content (AvgIpc) is 2.67. The van der Waals surface area contributed by atoms with Crippen molar-refractivity contribution < 1.29 is 8.78 Å². The minimum absolute atomic E-state index is 0.129. The lowest BCUT2D eigenvalue weighted by Gasteiger charge is -2.40. The van der Waals surface area contributed by atoms with E-state index in [2.05, 4.69) is 30.2 Å². The third-order valence-corrected chi connectivity index (χ3v) is 7.23. The van der Waals surface area contributed by atoms with Gasteiger partial charge < -0.3 is 5.32 Å². The topological polar surface area (TPSA) is 24.9 Å². The molecule has 5 heteroatoms. The minimum atomic E-state index is -0.816. The quantitative estimate of drug-likeness (QED) is 0.514. The van der Waals surface area contributed by atoms with Crippen LogP contribution in [0.25, 0.3) is 10.9 Å². The third-order valence-electron chi connectivity index (χ3n) is 5.51. The molecule has 0 bridgehead atoms. The highest BCUT2D eigenvalue weighted by molar-refractivity contribution is 8.03. The van der Waals surface area contributed by atoms with E-state index in [0.717, 1.165) is 39.9 Å². The zero-order chi connectivity index (χ0) is 19.5. The van der Waals surface area contributed by atoms with Gasteiger partial charge in [0.25, 0.3) is 0 Å².